The number of thioether (sulfide) groups is 1. The van der Waals surface area contributed by atoms with E-state index in [-0.39, 0.29) is 24.0 Å². The Labute approximate surface area is 247 Å². The first-order valence-corrected chi connectivity index (χ1v) is 14.1. The maximum atomic E-state index is 13.6. The van der Waals surface area contributed by atoms with Crippen molar-refractivity contribution >= 4 is 23.8 Å². The number of hydrogen-bond donors (Lipinski definition) is 2. The van der Waals surface area contributed by atoms with Gasteiger partial charge in [0.15, 0.2) is 0 Å². The van der Waals surface area contributed by atoms with Gasteiger partial charge in [0.25, 0.3) is 0 Å². The minimum Gasteiger partial charge on any atom is -0.467 e. The average Bonchev–Trinajstić information content (AvgIpc) is 2.93. The normalized spacial score (nSPS) is 12.7. The van der Waals surface area contributed by atoms with Gasteiger partial charge in [0.1, 0.15) is 17.5 Å². The van der Waals surface area contributed by atoms with Gasteiger partial charge in [0.2, 0.25) is 0 Å². The van der Waals surface area contributed by atoms with Crippen LogP contribution in [-0.2, 0) is 21.5 Å². The van der Waals surface area contributed by atoms with Crippen LogP contribution in [-0.4, -0.2) is 49.9 Å². The van der Waals surface area contributed by atoms with Crippen LogP contribution in [0.5, 0.6) is 11.5 Å². The van der Waals surface area contributed by atoms with Crippen molar-refractivity contribution in [3.8, 4) is 11.5 Å². The summed E-state index contributed by atoms with van der Waals surface area (Å²) in [6.07, 6.45) is -8.24. The molecule has 2 amide bonds. The first kappa shape index (κ1) is 33.4. The number of carbonyl (C=O) groups is 2. The lowest BCUT2D eigenvalue weighted by Gasteiger charge is -2.37. The molecular weight excluding hydrogens is 602 g/mol. The first-order valence-electron chi connectivity index (χ1n) is 12.7. The molecule has 0 aromatic heterocycles. The Kier molecular flexibility index (Phi) is 11.2. The molecule has 0 fully saturated rings. The zero-order valence-corrected chi connectivity index (χ0v) is 23.7. The zero-order chi connectivity index (χ0) is 31.7. The van der Waals surface area contributed by atoms with Crippen LogP contribution < -0.4 is 20.1 Å². The van der Waals surface area contributed by atoms with Crippen LogP contribution in [0.4, 0.5) is 31.1 Å². The van der Waals surface area contributed by atoms with E-state index >= 15 is 0 Å². The number of halogens is 6. The lowest BCUT2D eigenvalue weighted by atomic mass is 9.77. The molecule has 0 spiro atoms. The number of methoxy groups -OCH3 is 1. The summed E-state index contributed by atoms with van der Waals surface area (Å²) in [6, 6.07) is 15.9. The standard InChI is InChI=1S/C29H28F6N2O5S/c1-40-25(38)24(14-15-43-2)36-26(39)37-27(18-19-8-4-3-5-9-19,20-10-6-12-22(16-20)41-28(30,31)32)21-11-7-13-23(17-21)42-29(33,34)35/h3-13,16-17,24H,14-15,18H2,1-2H3,(H2,36,37,39). The highest BCUT2D eigenvalue weighted by Gasteiger charge is 2.40. The van der Waals surface area contributed by atoms with Crippen molar-refractivity contribution in [3.63, 3.8) is 0 Å². The predicted octanol–water partition coefficient (Wildman–Crippen LogP) is 6.56. The Bertz CT molecular complexity index is 1310. The monoisotopic (exact) mass is 630 g/mol. The molecule has 0 bridgehead atoms. The van der Waals surface area contributed by atoms with Gasteiger partial charge in [-0.15, -0.1) is 26.3 Å². The first-order chi connectivity index (χ1) is 20.2. The molecule has 232 valence electrons. The zero-order valence-electron chi connectivity index (χ0n) is 22.9. The van der Waals surface area contributed by atoms with Crippen molar-refractivity contribution in [2.45, 2.75) is 37.1 Å². The fourth-order valence-electron chi connectivity index (χ4n) is 4.39. The summed E-state index contributed by atoms with van der Waals surface area (Å²) in [5.74, 6) is -1.51. The number of esters is 1. The summed E-state index contributed by atoms with van der Waals surface area (Å²) in [5, 5.41) is 5.27. The van der Waals surface area contributed by atoms with Gasteiger partial charge < -0.3 is 24.8 Å². The predicted molar refractivity (Wildman–Crippen MR) is 148 cm³/mol. The summed E-state index contributed by atoms with van der Waals surface area (Å²) < 4.78 is 91.9. The third-order valence-corrected chi connectivity index (χ3v) is 6.81. The maximum Gasteiger partial charge on any atom is 0.573 e. The molecule has 3 aromatic rings. The Hall–Kier alpha value is -4.07. The van der Waals surface area contributed by atoms with Crippen molar-refractivity contribution in [1.29, 1.82) is 0 Å². The van der Waals surface area contributed by atoms with Gasteiger partial charge >= 0.3 is 24.7 Å². The number of benzene rings is 3. The highest BCUT2D eigenvalue weighted by atomic mass is 32.2. The molecule has 0 heterocycles. The van der Waals surface area contributed by atoms with E-state index in [1.165, 1.54) is 36.0 Å². The number of rotatable bonds is 12. The third kappa shape index (κ3) is 10.0. The molecule has 3 aromatic carbocycles. The van der Waals surface area contributed by atoms with Crippen LogP contribution in [0.2, 0.25) is 0 Å². The van der Waals surface area contributed by atoms with Crippen molar-refractivity contribution in [1.82, 2.24) is 10.6 Å². The van der Waals surface area contributed by atoms with E-state index in [1.807, 2.05) is 0 Å². The van der Waals surface area contributed by atoms with Crippen molar-refractivity contribution in [2.75, 3.05) is 19.1 Å². The second kappa shape index (κ2) is 14.4. The topological polar surface area (TPSA) is 85.9 Å². The van der Waals surface area contributed by atoms with Crippen LogP contribution in [0.3, 0.4) is 0 Å². The minimum atomic E-state index is -5.04. The molecule has 14 heteroatoms. The highest BCUT2D eigenvalue weighted by Crippen LogP contribution is 2.38. The SMILES string of the molecule is COC(=O)C(CCSC)NC(=O)NC(Cc1ccccc1)(c1cccc(OC(F)(F)F)c1)c1cccc(OC(F)(F)F)c1. The molecule has 0 aliphatic carbocycles. The third-order valence-electron chi connectivity index (χ3n) is 6.16. The van der Waals surface area contributed by atoms with E-state index in [0.717, 1.165) is 31.4 Å². The Morgan fingerprint density at radius 1 is 0.814 bits per heavy atom. The van der Waals surface area contributed by atoms with Gasteiger partial charge in [0, 0.05) is 6.42 Å². The molecule has 1 atom stereocenters. The van der Waals surface area contributed by atoms with Gasteiger partial charge in [-0.2, -0.15) is 11.8 Å². The van der Waals surface area contributed by atoms with E-state index in [9.17, 15) is 35.9 Å². The molecule has 43 heavy (non-hydrogen) atoms. The van der Waals surface area contributed by atoms with Gasteiger partial charge in [-0.05, 0) is 59.4 Å². The van der Waals surface area contributed by atoms with Crippen molar-refractivity contribution in [3.05, 3.63) is 95.6 Å². The summed E-state index contributed by atoms with van der Waals surface area (Å²) in [5.41, 5.74) is -1.16. The largest absolute Gasteiger partial charge is 0.573 e. The molecular formula is C29H28F6N2O5S. The van der Waals surface area contributed by atoms with Gasteiger partial charge in [-0.25, -0.2) is 9.59 Å². The van der Waals surface area contributed by atoms with Gasteiger partial charge in [-0.3, -0.25) is 0 Å². The Morgan fingerprint density at radius 3 is 1.81 bits per heavy atom. The molecule has 0 saturated heterocycles. The van der Waals surface area contributed by atoms with E-state index < -0.39 is 47.8 Å². The van der Waals surface area contributed by atoms with Crippen molar-refractivity contribution < 1.29 is 50.1 Å². The highest BCUT2D eigenvalue weighted by molar-refractivity contribution is 7.98. The summed E-state index contributed by atoms with van der Waals surface area (Å²) in [6.45, 7) is 0. The summed E-state index contributed by atoms with van der Waals surface area (Å²) >= 11 is 1.41. The number of carbonyl (C=O) groups excluding carboxylic acids is 2. The maximum absolute atomic E-state index is 13.6. The summed E-state index contributed by atoms with van der Waals surface area (Å²) in [4.78, 5) is 25.9. The summed E-state index contributed by atoms with van der Waals surface area (Å²) in [7, 11) is 1.14. The number of urea groups is 1. The second-order valence-electron chi connectivity index (χ2n) is 9.17. The molecule has 3 rings (SSSR count). The van der Waals surface area contributed by atoms with E-state index in [1.54, 1.807) is 36.6 Å². The van der Waals surface area contributed by atoms with E-state index in [0.29, 0.717) is 11.3 Å². The Balaban J connectivity index is 2.22. The fraction of sp³-hybridized carbons (Fsp3) is 0.310. The van der Waals surface area contributed by atoms with Crippen LogP contribution in [0, 0.1) is 0 Å². The fourth-order valence-corrected chi connectivity index (χ4v) is 4.87. The van der Waals surface area contributed by atoms with E-state index in [2.05, 4.69) is 20.1 Å². The number of amides is 2. The lowest BCUT2D eigenvalue weighted by molar-refractivity contribution is -0.275. The molecule has 0 saturated carbocycles. The number of nitrogens with one attached hydrogen (secondary N) is 2. The Morgan fingerprint density at radius 2 is 1.35 bits per heavy atom. The minimum absolute atomic E-state index is 0.0381. The molecule has 0 aliphatic heterocycles. The van der Waals surface area contributed by atoms with Crippen LogP contribution >= 0.6 is 11.8 Å². The molecule has 7 nitrogen and oxygen atoms in total. The van der Waals surface area contributed by atoms with E-state index in [4.69, 9.17) is 4.74 Å². The van der Waals surface area contributed by atoms with Crippen LogP contribution in [0.15, 0.2) is 78.9 Å². The number of alkyl halides is 6. The number of hydrogen-bond acceptors (Lipinski definition) is 6. The molecule has 2 N–H and O–H groups in total. The van der Waals surface area contributed by atoms with Crippen molar-refractivity contribution in [2.24, 2.45) is 0 Å². The lowest BCUT2D eigenvalue weighted by Crippen LogP contribution is -2.55. The molecule has 1 unspecified atom stereocenters. The smallest absolute Gasteiger partial charge is 0.467 e. The van der Waals surface area contributed by atoms with Gasteiger partial charge in [0.05, 0.1) is 12.6 Å². The average molecular weight is 631 g/mol. The van der Waals surface area contributed by atoms with Crippen LogP contribution in [0.1, 0.15) is 23.1 Å². The molecule has 0 radical (unpaired) electrons. The quantitative estimate of drug-likeness (QED) is 0.174. The van der Waals surface area contributed by atoms with Gasteiger partial charge in [-0.1, -0.05) is 54.6 Å². The van der Waals surface area contributed by atoms with Crippen LogP contribution in [0.25, 0.3) is 0 Å². The molecule has 0 aliphatic rings. The second-order valence-corrected chi connectivity index (χ2v) is 10.2. The number of ether oxygens (including phenoxy) is 3.